The van der Waals surface area contributed by atoms with Crippen molar-refractivity contribution in [1.82, 2.24) is 5.32 Å². The molecule has 0 bridgehead atoms. The van der Waals surface area contributed by atoms with E-state index in [1.807, 2.05) is 12.1 Å². The molecule has 0 aromatic heterocycles. The number of halogens is 1. The van der Waals surface area contributed by atoms with Crippen molar-refractivity contribution >= 4 is 15.9 Å². The Morgan fingerprint density at radius 3 is 2.67 bits per heavy atom. The van der Waals surface area contributed by atoms with Gasteiger partial charge in [-0.05, 0) is 30.5 Å². The predicted octanol–water partition coefficient (Wildman–Crippen LogP) is 2.04. The van der Waals surface area contributed by atoms with Crippen molar-refractivity contribution < 1.29 is 14.6 Å². The third-order valence-electron chi connectivity index (χ3n) is 3.65. The van der Waals surface area contributed by atoms with E-state index >= 15 is 0 Å². The molecule has 0 saturated heterocycles. The van der Waals surface area contributed by atoms with E-state index in [0.717, 1.165) is 47.5 Å². The summed E-state index contributed by atoms with van der Waals surface area (Å²) in [7, 11) is 0. The van der Waals surface area contributed by atoms with Gasteiger partial charge in [0.2, 0.25) is 6.79 Å². The number of benzene rings is 1. The van der Waals surface area contributed by atoms with Crippen LogP contribution in [0.3, 0.4) is 0 Å². The fourth-order valence-electron chi connectivity index (χ4n) is 2.12. The maximum Gasteiger partial charge on any atom is 0.231 e. The van der Waals surface area contributed by atoms with Gasteiger partial charge in [0.05, 0.1) is 0 Å². The van der Waals surface area contributed by atoms with Crippen molar-refractivity contribution in [3.63, 3.8) is 0 Å². The number of fused-ring (bicyclic) bond motifs is 1. The summed E-state index contributed by atoms with van der Waals surface area (Å²) in [5.41, 5.74) is 1.29. The molecule has 3 rings (SSSR count). The molecule has 2 aliphatic rings. The molecule has 0 atom stereocenters. The highest BCUT2D eigenvalue weighted by molar-refractivity contribution is 9.10. The second-order valence-corrected chi connectivity index (χ2v) is 5.91. The van der Waals surface area contributed by atoms with Crippen LogP contribution in [0.4, 0.5) is 0 Å². The summed E-state index contributed by atoms with van der Waals surface area (Å²) in [6.07, 6.45) is 2.25. The van der Waals surface area contributed by atoms with Crippen LogP contribution in [0.2, 0.25) is 0 Å². The highest BCUT2D eigenvalue weighted by atomic mass is 79.9. The molecule has 1 heterocycles. The molecule has 18 heavy (non-hydrogen) atoms. The third-order valence-corrected chi connectivity index (χ3v) is 4.39. The second kappa shape index (κ2) is 4.72. The first-order chi connectivity index (χ1) is 8.72. The molecule has 0 amide bonds. The molecule has 1 fully saturated rings. The van der Waals surface area contributed by atoms with Gasteiger partial charge in [0.1, 0.15) is 0 Å². The molecule has 0 radical (unpaired) electrons. The van der Waals surface area contributed by atoms with E-state index in [-0.39, 0.29) is 12.0 Å². The summed E-state index contributed by atoms with van der Waals surface area (Å²) in [6.45, 7) is 2.21. The van der Waals surface area contributed by atoms with E-state index in [1.54, 1.807) is 0 Å². The van der Waals surface area contributed by atoms with Gasteiger partial charge in [-0.1, -0.05) is 15.9 Å². The zero-order valence-electron chi connectivity index (χ0n) is 10.0. The van der Waals surface area contributed by atoms with Gasteiger partial charge in [0.25, 0.3) is 0 Å². The molecule has 1 aromatic carbocycles. The number of ether oxygens (including phenoxy) is 2. The van der Waals surface area contributed by atoms with Gasteiger partial charge >= 0.3 is 0 Å². The van der Waals surface area contributed by atoms with Crippen molar-refractivity contribution in [2.24, 2.45) is 5.41 Å². The lowest BCUT2D eigenvalue weighted by Gasteiger charge is -2.13. The fourth-order valence-corrected chi connectivity index (χ4v) is 2.59. The largest absolute Gasteiger partial charge is 0.454 e. The average Bonchev–Trinajstić information content (AvgIpc) is 3.01. The Balaban J connectivity index is 1.62. The Hall–Kier alpha value is -0.780. The van der Waals surface area contributed by atoms with Gasteiger partial charge in [-0.25, -0.2) is 0 Å². The van der Waals surface area contributed by atoms with E-state index in [2.05, 4.69) is 21.2 Å². The molecular formula is C13H16BrNO3. The molecule has 1 aliphatic carbocycles. The quantitative estimate of drug-likeness (QED) is 0.873. The van der Waals surface area contributed by atoms with Gasteiger partial charge in [-0.2, -0.15) is 0 Å². The number of hydrogen-bond donors (Lipinski definition) is 2. The average molecular weight is 314 g/mol. The molecule has 98 valence electrons. The second-order valence-electron chi connectivity index (χ2n) is 5.06. The molecule has 0 unspecified atom stereocenters. The zero-order chi connectivity index (χ0) is 12.6. The molecule has 1 aliphatic heterocycles. The van der Waals surface area contributed by atoms with Crippen LogP contribution in [-0.2, 0) is 6.54 Å². The standard InChI is InChI=1S/C13H16BrNO3/c14-10-4-12-11(17-8-18-12)3-9(10)5-15-6-13(7-16)1-2-13/h3-4,15-16H,1-2,5-8H2. The van der Waals surface area contributed by atoms with Gasteiger partial charge in [0, 0.05) is 29.6 Å². The van der Waals surface area contributed by atoms with Crippen LogP contribution in [0.1, 0.15) is 18.4 Å². The lowest BCUT2D eigenvalue weighted by molar-refractivity contribution is 0.174. The Labute approximate surface area is 114 Å². The molecule has 1 saturated carbocycles. The van der Waals surface area contributed by atoms with Crippen molar-refractivity contribution in [2.75, 3.05) is 19.9 Å². The van der Waals surface area contributed by atoms with Gasteiger partial charge in [0.15, 0.2) is 11.5 Å². The Kier molecular flexibility index (Phi) is 3.21. The Bertz CT molecular complexity index is 460. The summed E-state index contributed by atoms with van der Waals surface area (Å²) < 4.78 is 11.7. The zero-order valence-corrected chi connectivity index (χ0v) is 11.6. The minimum atomic E-state index is 0.142. The van der Waals surface area contributed by atoms with Crippen LogP contribution in [0, 0.1) is 5.41 Å². The van der Waals surface area contributed by atoms with Crippen LogP contribution in [0.5, 0.6) is 11.5 Å². The number of aliphatic hydroxyl groups excluding tert-OH is 1. The topological polar surface area (TPSA) is 50.7 Å². The van der Waals surface area contributed by atoms with E-state index < -0.39 is 0 Å². The van der Waals surface area contributed by atoms with Gasteiger partial charge in [-0.15, -0.1) is 0 Å². The highest BCUT2D eigenvalue weighted by Crippen LogP contribution is 2.44. The summed E-state index contributed by atoms with van der Waals surface area (Å²) in [5.74, 6) is 1.60. The van der Waals surface area contributed by atoms with Gasteiger partial charge in [-0.3, -0.25) is 0 Å². The van der Waals surface area contributed by atoms with Crippen LogP contribution in [0.15, 0.2) is 16.6 Å². The first kappa shape index (κ1) is 12.3. The number of aliphatic hydroxyl groups is 1. The van der Waals surface area contributed by atoms with Crippen molar-refractivity contribution in [1.29, 1.82) is 0 Å². The van der Waals surface area contributed by atoms with Gasteiger partial charge < -0.3 is 19.9 Å². The number of nitrogens with one attached hydrogen (secondary N) is 1. The third kappa shape index (κ3) is 2.35. The molecule has 2 N–H and O–H groups in total. The van der Waals surface area contributed by atoms with Crippen molar-refractivity contribution in [3.05, 3.63) is 22.2 Å². The summed E-state index contributed by atoms with van der Waals surface area (Å²) in [6, 6.07) is 3.94. The normalized spacial score (nSPS) is 19.0. The minimum absolute atomic E-state index is 0.142. The summed E-state index contributed by atoms with van der Waals surface area (Å²) in [4.78, 5) is 0. The number of hydrogen-bond acceptors (Lipinski definition) is 4. The Morgan fingerprint density at radius 2 is 2.00 bits per heavy atom. The number of rotatable bonds is 5. The maximum absolute atomic E-state index is 9.25. The lowest BCUT2D eigenvalue weighted by Crippen LogP contribution is -2.26. The smallest absolute Gasteiger partial charge is 0.231 e. The first-order valence-corrected chi connectivity index (χ1v) is 6.91. The SMILES string of the molecule is OCC1(CNCc2cc3c(cc2Br)OCO3)CC1. The van der Waals surface area contributed by atoms with Crippen molar-refractivity contribution in [2.45, 2.75) is 19.4 Å². The summed E-state index contributed by atoms with van der Waals surface area (Å²) >= 11 is 3.54. The predicted molar refractivity (Wildman–Crippen MR) is 70.7 cm³/mol. The van der Waals surface area contributed by atoms with Crippen LogP contribution in [0.25, 0.3) is 0 Å². The molecule has 1 aromatic rings. The van der Waals surface area contributed by atoms with Crippen LogP contribution in [-0.4, -0.2) is 25.1 Å². The van der Waals surface area contributed by atoms with E-state index in [0.29, 0.717) is 6.79 Å². The fraction of sp³-hybridized carbons (Fsp3) is 0.538. The Morgan fingerprint density at radius 1 is 1.28 bits per heavy atom. The highest BCUT2D eigenvalue weighted by Gasteiger charge is 2.41. The van der Waals surface area contributed by atoms with Crippen molar-refractivity contribution in [3.8, 4) is 11.5 Å². The molecule has 0 spiro atoms. The minimum Gasteiger partial charge on any atom is -0.454 e. The first-order valence-electron chi connectivity index (χ1n) is 6.12. The lowest BCUT2D eigenvalue weighted by atomic mass is 10.1. The van der Waals surface area contributed by atoms with Crippen LogP contribution < -0.4 is 14.8 Å². The maximum atomic E-state index is 9.25. The van der Waals surface area contributed by atoms with E-state index in [1.165, 1.54) is 0 Å². The molecular weight excluding hydrogens is 298 g/mol. The van der Waals surface area contributed by atoms with Crippen LogP contribution >= 0.6 is 15.9 Å². The van der Waals surface area contributed by atoms with E-state index in [4.69, 9.17) is 9.47 Å². The monoisotopic (exact) mass is 313 g/mol. The molecule has 4 nitrogen and oxygen atoms in total. The van der Waals surface area contributed by atoms with E-state index in [9.17, 15) is 5.11 Å². The summed E-state index contributed by atoms with van der Waals surface area (Å²) in [5, 5.41) is 12.7. The molecule has 5 heteroatoms.